The van der Waals surface area contributed by atoms with Gasteiger partial charge < -0.3 is 24.9 Å². The second kappa shape index (κ2) is 12.7. The minimum atomic E-state index is -0.562. The van der Waals surface area contributed by atoms with Crippen molar-refractivity contribution >= 4 is 29.1 Å². The number of rotatable bonds is 9. The van der Waals surface area contributed by atoms with Gasteiger partial charge in [0, 0.05) is 89.4 Å². The molecule has 2 aromatic rings. The van der Waals surface area contributed by atoms with Gasteiger partial charge in [-0.3, -0.25) is 9.59 Å². The molecule has 3 heterocycles. The Morgan fingerprint density at radius 2 is 1.72 bits per heavy atom. The van der Waals surface area contributed by atoms with Crippen molar-refractivity contribution < 1.29 is 14.0 Å². The minimum Gasteiger partial charge on any atom is -0.371 e. The van der Waals surface area contributed by atoms with Gasteiger partial charge in [-0.1, -0.05) is 29.8 Å². The van der Waals surface area contributed by atoms with Crippen LogP contribution in [0.1, 0.15) is 28.8 Å². The van der Waals surface area contributed by atoms with Gasteiger partial charge in [0.1, 0.15) is 5.82 Å². The Labute approximate surface area is 235 Å². The van der Waals surface area contributed by atoms with Crippen LogP contribution in [-0.2, 0) is 11.2 Å². The maximum atomic E-state index is 14.3. The predicted molar refractivity (Wildman–Crippen MR) is 153 cm³/mol. The maximum Gasteiger partial charge on any atom is 0.258 e. The maximum absolute atomic E-state index is 14.3. The molecule has 0 bridgehead atoms. The van der Waals surface area contributed by atoms with Gasteiger partial charge in [0.2, 0.25) is 5.91 Å². The lowest BCUT2D eigenvalue weighted by Gasteiger charge is -2.32. The Hall–Kier alpha value is -2.68. The van der Waals surface area contributed by atoms with Crippen molar-refractivity contribution in [2.24, 2.45) is 11.8 Å². The number of nitrogens with zero attached hydrogens (tertiary/aromatic N) is 4. The van der Waals surface area contributed by atoms with Crippen molar-refractivity contribution in [1.29, 1.82) is 0 Å². The van der Waals surface area contributed by atoms with Crippen LogP contribution in [0.5, 0.6) is 0 Å². The predicted octanol–water partition coefficient (Wildman–Crippen LogP) is 3.37. The summed E-state index contributed by atoms with van der Waals surface area (Å²) in [6.07, 6.45) is 2.39. The molecule has 3 aliphatic rings. The number of benzene rings is 2. The average molecular weight is 556 g/mol. The summed E-state index contributed by atoms with van der Waals surface area (Å²) in [5, 5.41) is 3.25. The molecule has 2 aromatic carbocycles. The van der Waals surface area contributed by atoms with E-state index in [1.807, 2.05) is 0 Å². The van der Waals surface area contributed by atoms with Crippen molar-refractivity contribution in [2.45, 2.75) is 19.3 Å². The highest BCUT2D eigenvalue weighted by molar-refractivity contribution is 6.33. The van der Waals surface area contributed by atoms with Gasteiger partial charge in [0.05, 0.1) is 10.6 Å². The number of piperazine rings is 1. The van der Waals surface area contributed by atoms with E-state index in [4.69, 9.17) is 11.6 Å². The summed E-state index contributed by atoms with van der Waals surface area (Å²) in [6, 6.07) is 13.0. The SMILES string of the molecule is CN1CCN(CCC(=O)NCCCc2cccc(N3CC4CN(C(=O)c5c(F)cccc5Cl)CC4C3)c2)CC1. The molecule has 0 saturated carbocycles. The first-order chi connectivity index (χ1) is 18.9. The fraction of sp³-hybridized carbons (Fsp3) is 0.533. The van der Waals surface area contributed by atoms with E-state index in [1.54, 1.807) is 11.0 Å². The summed E-state index contributed by atoms with van der Waals surface area (Å²) >= 11 is 6.13. The highest BCUT2D eigenvalue weighted by Crippen LogP contribution is 2.35. The molecular formula is C30H39ClFN5O2. The van der Waals surface area contributed by atoms with E-state index in [2.05, 4.69) is 51.3 Å². The van der Waals surface area contributed by atoms with Gasteiger partial charge in [0.25, 0.3) is 5.91 Å². The minimum absolute atomic E-state index is 0.0186. The number of likely N-dealkylation sites (tertiary alicyclic amines) is 1. The van der Waals surface area contributed by atoms with Crippen molar-refractivity contribution in [2.75, 3.05) is 77.4 Å². The summed E-state index contributed by atoms with van der Waals surface area (Å²) in [4.78, 5) is 34.1. The fourth-order valence-electron chi connectivity index (χ4n) is 6.08. The van der Waals surface area contributed by atoms with Crippen LogP contribution in [0.4, 0.5) is 10.1 Å². The van der Waals surface area contributed by atoms with Gasteiger partial charge in [-0.05, 0) is 49.7 Å². The first-order valence-corrected chi connectivity index (χ1v) is 14.5. The number of carbonyl (C=O) groups is 2. The first-order valence-electron chi connectivity index (χ1n) is 14.1. The summed E-state index contributed by atoms with van der Waals surface area (Å²) < 4.78 is 14.3. The number of likely N-dealkylation sites (N-methyl/N-ethyl adjacent to an activating group) is 1. The zero-order valence-electron chi connectivity index (χ0n) is 22.7. The molecule has 3 saturated heterocycles. The first kappa shape index (κ1) is 27.9. The Balaban J connectivity index is 1.04. The van der Waals surface area contributed by atoms with Gasteiger partial charge in [-0.25, -0.2) is 4.39 Å². The van der Waals surface area contributed by atoms with Crippen molar-refractivity contribution in [3.8, 4) is 0 Å². The summed E-state index contributed by atoms with van der Waals surface area (Å²) in [7, 11) is 2.14. The number of nitrogens with one attached hydrogen (secondary N) is 1. The number of carbonyl (C=O) groups excluding carboxylic acids is 2. The molecule has 7 nitrogen and oxygen atoms in total. The van der Waals surface area contributed by atoms with E-state index in [-0.39, 0.29) is 22.4 Å². The van der Waals surface area contributed by atoms with E-state index >= 15 is 0 Å². The molecule has 3 fully saturated rings. The second-order valence-electron chi connectivity index (χ2n) is 11.3. The van der Waals surface area contributed by atoms with Crippen LogP contribution in [0.2, 0.25) is 5.02 Å². The van der Waals surface area contributed by atoms with E-state index in [0.717, 1.165) is 58.7 Å². The quantitative estimate of drug-likeness (QED) is 0.481. The lowest BCUT2D eigenvalue weighted by Crippen LogP contribution is -2.45. The van der Waals surface area contributed by atoms with Gasteiger partial charge in [-0.2, -0.15) is 0 Å². The van der Waals surface area contributed by atoms with E-state index in [9.17, 15) is 14.0 Å². The standard InChI is InChI=1S/C30H39ClFN5O2/c1-34-13-15-35(16-14-34)12-10-28(38)33-11-4-6-22-5-2-7-25(17-22)36-18-23-20-37(21-24(23)19-36)30(39)29-26(31)8-3-9-27(29)32/h2-3,5,7-9,17,23-24H,4,6,10-16,18-21H2,1H3,(H,33,38). The van der Waals surface area contributed by atoms with Crippen molar-refractivity contribution in [3.05, 3.63) is 64.4 Å². The third kappa shape index (κ3) is 6.91. The molecule has 2 amide bonds. The van der Waals surface area contributed by atoms with Crippen molar-refractivity contribution in [3.63, 3.8) is 0 Å². The van der Waals surface area contributed by atoms with Crippen LogP contribution in [0.15, 0.2) is 42.5 Å². The molecule has 0 aromatic heterocycles. The smallest absolute Gasteiger partial charge is 0.258 e. The molecule has 39 heavy (non-hydrogen) atoms. The topological polar surface area (TPSA) is 59.1 Å². The third-order valence-electron chi connectivity index (χ3n) is 8.44. The van der Waals surface area contributed by atoms with E-state index in [1.165, 1.54) is 23.4 Å². The number of fused-ring (bicyclic) bond motifs is 1. The monoisotopic (exact) mass is 555 g/mol. The van der Waals surface area contributed by atoms with E-state index < -0.39 is 5.82 Å². The average Bonchev–Trinajstić information content (AvgIpc) is 3.51. The number of halogens is 2. The Bertz CT molecular complexity index is 1140. The highest BCUT2D eigenvalue weighted by Gasteiger charge is 2.42. The largest absolute Gasteiger partial charge is 0.371 e. The molecule has 2 atom stereocenters. The molecule has 0 radical (unpaired) electrons. The molecule has 5 rings (SSSR count). The number of hydrogen-bond donors (Lipinski definition) is 1. The lowest BCUT2D eigenvalue weighted by atomic mass is 10.0. The summed E-state index contributed by atoms with van der Waals surface area (Å²) in [6.45, 7) is 8.76. The fourth-order valence-corrected chi connectivity index (χ4v) is 6.32. The van der Waals surface area contributed by atoms with Crippen LogP contribution in [0.3, 0.4) is 0 Å². The zero-order chi connectivity index (χ0) is 27.4. The van der Waals surface area contributed by atoms with Crippen LogP contribution in [0.25, 0.3) is 0 Å². The van der Waals surface area contributed by atoms with Crippen molar-refractivity contribution in [1.82, 2.24) is 20.0 Å². The van der Waals surface area contributed by atoms with Gasteiger partial charge in [-0.15, -0.1) is 0 Å². The molecule has 0 spiro atoms. The normalized spacial score (nSPS) is 21.8. The highest BCUT2D eigenvalue weighted by atomic mass is 35.5. The molecular weight excluding hydrogens is 517 g/mol. The molecule has 9 heteroatoms. The second-order valence-corrected chi connectivity index (χ2v) is 11.7. The van der Waals surface area contributed by atoms with Crippen LogP contribution < -0.4 is 10.2 Å². The number of hydrogen-bond acceptors (Lipinski definition) is 5. The molecule has 210 valence electrons. The number of anilines is 1. The molecule has 1 N–H and O–H groups in total. The molecule has 2 unspecified atom stereocenters. The van der Waals surface area contributed by atoms with Crippen LogP contribution in [0, 0.1) is 17.7 Å². The molecule has 0 aliphatic carbocycles. The third-order valence-corrected chi connectivity index (χ3v) is 8.76. The van der Waals surface area contributed by atoms with Crippen LogP contribution in [-0.4, -0.2) is 99.0 Å². The Morgan fingerprint density at radius 3 is 2.44 bits per heavy atom. The number of amides is 2. The van der Waals surface area contributed by atoms with Crippen LogP contribution >= 0.6 is 11.6 Å². The lowest BCUT2D eigenvalue weighted by molar-refractivity contribution is -0.121. The number of aryl methyl sites for hydroxylation is 1. The summed E-state index contributed by atoms with van der Waals surface area (Å²) in [5.41, 5.74) is 2.45. The Kier molecular flexibility index (Phi) is 9.05. The molecule has 3 aliphatic heterocycles. The summed E-state index contributed by atoms with van der Waals surface area (Å²) in [5.74, 6) is -0.00907. The van der Waals surface area contributed by atoms with Gasteiger partial charge >= 0.3 is 0 Å². The Morgan fingerprint density at radius 1 is 1.00 bits per heavy atom. The van der Waals surface area contributed by atoms with E-state index in [0.29, 0.717) is 37.9 Å². The zero-order valence-corrected chi connectivity index (χ0v) is 23.5. The van der Waals surface area contributed by atoms with Gasteiger partial charge in [0.15, 0.2) is 0 Å².